The molecule has 0 aromatic heterocycles. The lowest BCUT2D eigenvalue weighted by molar-refractivity contribution is -0.150. The average Bonchev–Trinajstić information content (AvgIpc) is 2.26. The Hall–Kier alpha value is -1.08. The Kier molecular flexibility index (Phi) is 5.15. The van der Waals surface area contributed by atoms with E-state index in [1.54, 1.807) is 0 Å². The lowest BCUT2D eigenvalue weighted by Gasteiger charge is -2.17. The van der Waals surface area contributed by atoms with Gasteiger partial charge in [-0.25, -0.2) is 18.0 Å². The van der Waals surface area contributed by atoms with Crippen molar-refractivity contribution in [3.63, 3.8) is 0 Å². The molecule has 100 valence electrons. The summed E-state index contributed by atoms with van der Waals surface area (Å²) < 4.78 is 45.1. The van der Waals surface area contributed by atoms with Crippen LogP contribution in [0.25, 0.3) is 0 Å². The number of esters is 1. The topological polar surface area (TPSA) is 52.3 Å². The van der Waals surface area contributed by atoms with E-state index in [1.165, 1.54) is 6.92 Å². The molecule has 0 aliphatic heterocycles. The molecule has 0 heterocycles. The molecule has 1 aromatic rings. The van der Waals surface area contributed by atoms with Crippen molar-refractivity contribution in [1.82, 2.24) is 0 Å². The van der Waals surface area contributed by atoms with Crippen molar-refractivity contribution in [1.29, 1.82) is 0 Å². The summed E-state index contributed by atoms with van der Waals surface area (Å²) in [5.74, 6) is -3.30. The van der Waals surface area contributed by atoms with Gasteiger partial charge in [0.1, 0.15) is 11.6 Å². The molecule has 0 bridgehead atoms. The van der Waals surface area contributed by atoms with Crippen LogP contribution in [0, 0.1) is 11.6 Å². The summed E-state index contributed by atoms with van der Waals surface area (Å²) in [6.07, 6.45) is -2.32. The average molecular weight is 326 g/mol. The monoisotopic (exact) mass is 325 g/mol. The zero-order valence-corrected chi connectivity index (χ0v) is 11.0. The number of carbonyl (C=O) groups excluding carboxylic acids is 1. The zero-order valence-electron chi connectivity index (χ0n) is 9.42. The number of nitrogens with two attached hydrogens (primary N) is 1. The van der Waals surface area contributed by atoms with Gasteiger partial charge in [-0.1, -0.05) is 15.9 Å². The molecule has 0 aliphatic carbocycles. The maximum absolute atomic E-state index is 13.6. The maximum atomic E-state index is 13.6. The highest BCUT2D eigenvalue weighted by molar-refractivity contribution is 9.10. The first-order chi connectivity index (χ1) is 8.38. The van der Waals surface area contributed by atoms with Crippen LogP contribution in [0.15, 0.2) is 16.6 Å². The van der Waals surface area contributed by atoms with Crippen LogP contribution in [0.5, 0.6) is 0 Å². The second kappa shape index (κ2) is 6.19. The number of ether oxygens (including phenoxy) is 1. The molecule has 0 radical (unpaired) electrons. The highest BCUT2D eigenvalue weighted by atomic mass is 79.9. The molecule has 1 aromatic carbocycles. The molecular formula is C11H11BrF3NO2. The van der Waals surface area contributed by atoms with E-state index < -0.39 is 35.4 Å². The van der Waals surface area contributed by atoms with Crippen LogP contribution in [-0.4, -0.2) is 18.7 Å². The maximum Gasteiger partial charge on any atom is 0.342 e. The molecule has 2 atom stereocenters. The number of halogens is 4. The van der Waals surface area contributed by atoms with Crippen LogP contribution in [0.3, 0.4) is 0 Å². The van der Waals surface area contributed by atoms with E-state index in [9.17, 15) is 18.0 Å². The number of alkyl halides is 1. The minimum absolute atomic E-state index is 0.0444. The molecule has 3 nitrogen and oxygen atoms in total. The van der Waals surface area contributed by atoms with E-state index in [2.05, 4.69) is 20.7 Å². The fourth-order valence-corrected chi connectivity index (χ4v) is 1.79. The molecule has 0 saturated carbocycles. The summed E-state index contributed by atoms with van der Waals surface area (Å²) in [6.45, 7) is 1.44. The van der Waals surface area contributed by atoms with E-state index in [4.69, 9.17) is 5.73 Å². The predicted octanol–water partition coefficient (Wildman–Crippen LogP) is 2.63. The Morgan fingerprint density at radius 1 is 1.44 bits per heavy atom. The van der Waals surface area contributed by atoms with Crippen molar-refractivity contribution >= 4 is 21.9 Å². The van der Waals surface area contributed by atoms with Gasteiger partial charge in [-0.15, -0.1) is 0 Å². The molecule has 2 N–H and O–H groups in total. The van der Waals surface area contributed by atoms with Gasteiger partial charge in [0.2, 0.25) is 6.17 Å². The molecule has 0 spiro atoms. The molecular weight excluding hydrogens is 315 g/mol. The van der Waals surface area contributed by atoms with Crippen LogP contribution in [0.1, 0.15) is 18.5 Å². The highest BCUT2D eigenvalue weighted by Crippen LogP contribution is 2.27. The van der Waals surface area contributed by atoms with E-state index in [1.807, 2.05) is 0 Å². The number of carbonyl (C=O) groups is 1. The Morgan fingerprint density at radius 2 is 1.94 bits per heavy atom. The van der Waals surface area contributed by atoms with Gasteiger partial charge in [0.05, 0.1) is 12.6 Å². The molecule has 0 saturated heterocycles. The lowest BCUT2D eigenvalue weighted by atomic mass is 10.0. The number of hydrogen-bond donors (Lipinski definition) is 1. The summed E-state index contributed by atoms with van der Waals surface area (Å²) in [7, 11) is 0. The van der Waals surface area contributed by atoms with E-state index >= 15 is 0 Å². The van der Waals surface area contributed by atoms with Crippen molar-refractivity contribution in [3.8, 4) is 0 Å². The Morgan fingerprint density at radius 3 is 2.39 bits per heavy atom. The lowest BCUT2D eigenvalue weighted by Crippen LogP contribution is -2.32. The van der Waals surface area contributed by atoms with Gasteiger partial charge in [0.25, 0.3) is 0 Å². The number of hydrogen-bond acceptors (Lipinski definition) is 3. The third-order valence-corrected chi connectivity index (χ3v) is 2.66. The summed E-state index contributed by atoms with van der Waals surface area (Å²) in [6, 6.07) is 0.129. The molecule has 18 heavy (non-hydrogen) atoms. The second-order valence-electron chi connectivity index (χ2n) is 3.46. The molecule has 1 rings (SSSR count). The van der Waals surface area contributed by atoms with Gasteiger partial charge in [0.15, 0.2) is 0 Å². The minimum atomic E-state index is -2.32. The van der Waals surface area contributed by atoms with Gasteiger partial charge >= 0.3 is 5.97 Å². The highest BCUT2D eigenvalue weighted by Gasteiger charge is 2.31. The molecule has 7 heteroatoms. The van der Waals surface area contributed by atoms with E-state index in [0.29, 0.717) is 0 Å². The predicted molar refractivity (Wildman–Crippen MR) is 62.5 cm³/mol. The second-order valence-corrected chi connectivity index (χ2v) is 4.38. The van der Waals surface area contributed by atoms with E-state index in [-0.39, 0.29) is 11.1 Å². The smallest absolute Gasteiger partial charge is 0.342 e. The van der Waals surface area contributed by atoms with Crippen molar-refractivity contribution in [2.45, 2.75) is 19.1 Å². The van der Waals surface area contributed by atoms with Crippen LogP contribution in [0.4, 0.5) is 13.2 Å². The molecule has 0 fully saturated rings. The third-order valence-electron chi connectivity index (χ3n) is 2.20. The van der Waals surface area contributed by atoms with Crippen molar-refractivity contribution in [2.24, 2.45) is 5.73 Å². The van der Waals surface area contributed by atoms with E-state index in [0.717, 1.165) is 12.1 Å². The van der Waals surface area contributed by atoms with Crippen molar-refractivity contribution in [2.75, 3.05) is 6.61 Å². The fourth-order valence-electron chi connectivity index (χ4n) is 1.39. The Labute approximate surface area is 110 Å². The largest absolute Gasteiger partial charge is 0.464 e. The molecule has 1 unspecified atom stereocenters. The van der Waals surface area contributed by atoms with Crippen LogP contribution >= 0.6 is 15.9 Å². The van der Waals surface area contributed by atoms with Crippen LogP contribution in [-0.2, 0) is 9.53 Å². The summed E-state index contributed by atoms with van der Waals surface area (Å²) in [4.78, 5) is 11.1. The van der Waals surface area contributed by atoms with Crippen LogP contribution < -0.4 is 5.73 Å². The van der Waals surface area contributed by atoms with Gasteiger partial charge in [-0.05, 0) is 19.1 Å². The first-order valence-corrected chi connectivity index (χ1v) is 5.88. The standard InChI is InChI=1S/C11H11BrF3NO2/c1-2-18-11(17)9(15)10(16)8-6(13)3-5(12)4-7(8)14/h3-4,9-10H,2,16H2,1H3/t9?,10-/m0/s1. The first kappa shape index (κ1) is 15.0. The quantitative estimate of drug-likeness (QED) is 0.866. The van der Waals surface area contributed by atoms with Crippen molar-refractivity contribution < 1.29 is 22.7 Å². The number of rotatable bonds is 4. The molecule has 0 aliphatic rings. The Balaban J connectivity index is 3.03. The summed E-state index contributed by atoms with van der Waals surface area (Å²) in [5.41, 5.74) is 4.67. The van der Waals surface area contributed by atoms with Crippen molar-refractivity contribution in [3.05, 3.63) is 33.8 Å². The normalized spacial score (nSPS) is 14.1. The van der Waals surface area contributed by atoms with Gasteiger partial charge < -0.3 is 10.5 Å². The fraction of sp³-hybridized carbons (Fsp3) is 0.364. The third kappa shape index (κ3) is 3.23. The summed E-state index contributed by atoms with van der Waals surface area (Å²) >= 11 is 2.88. The first-order valence-electron chi connectivity index (χ1n) is 5.09. The number of benzene rings is 1. The SMILES string of the molecule is CCOC(=O)C(F)[C@@H](N)c1c(F)cc(Br)cc1F. The van der Waals surface area contributed by atoms with Gasteiger partial charge in [-0.2, -0.15) is 0 Å². The zero-order chi connectivity index (χ0) is 13.9. The Bertz CT molecular complexity index is 433. The minimum Gasteiger partial charge on any atom is -0.464 e. The summed E-state index contributed by atoms with van der Waals surface area (Å²) in [5, 5.41) is 0. The van der Waals surface area contributed by atoms with Crippen LogP contribution in [0.2, 0.25) is 0 Å². The van der Waals surface area contributed by atoms with Gasteiger partial charge in [0, 0.05) is 10.0 Å². The van der Waals surface area contributed by atoms with Gasteiger partial charge in [-0.3, -0.25) is 0 Å². The molecule has 0 amide bonds.